The second kappa shape index (κ2) is 8.47. The van der Waals surface area contributed by atoms with E-state index in [0.717, 1.165) is 68.9 Å². The van der Waals surface area contributed by atoms with E-state index in [9.17, 15) is 8.42 Å². The minimum Gasteiger partial charge on any atom is -0.496 e. The Balaban J connectivity index is 1.80. The molecule has 27 heavy (non-hydrogen) atoms. The molecule has 1 aromatic carbocycles. The van der Waals surface area contributed by atoms with Crippen LogP contribution in [0.1, 0.15) is 43.2 Å². The van der Waals surface area contributed by atoms with Crippen molar-refractivity contribution < 1.29 is 17.9 Å². The molecule has 0 amide bonds. The molecule has 0 aromatic heterocycles. The van der Waals surface area contributed by atoms with Crippen LogP contribution in [-0.4, -0.2) is 58.8 Å². The summed E-state index contributed by atoms with van der Waals surface area (Å²) in [6, 6.07) is 3.38. The minimum atomic E-state index is -3.57. The quantitative estimate of drug-likeness (QED) is 0.801. The van der Waals surface area contributed by atoms with Gasteiger partial charge in [-0.3, -0.25) is 4.90 Å². The highest BCUT2D eigenvalue weighted by Crippen LogP contribution is 2.34. The average molecular weight is 397 g/mol. The molecule has 7 heteroatoms. The summed E-state index contributed by atoms with van der Waals surface area (Å²) in [7, 11) is -1.96. The van der Waals surface area contributed by atoms with Crippen molar-refractivity contribution in [1.29, 1.82) is 0 Å². The summed E-state index contributed by atoms with van der Waals surface area (Å²) in [6.45, 7) is 7.42. The molecule has 6 nitrogen and oxygen atoms in total. The fourth-order valence-corrected chi connectivity index (χ4v) is 5.84. The third-order valence-electron chi connectivity index (χ3n) is 6.01. The number of aryl methyl sites for hydroxylation is 2. The van der Waals surface area contributed by atoms with Crippen molar-refractivity contribution in [2.75, 3.05) is 40.0 Å². The number of methoxy groups -OCH3 is 1. The van der Waals surface area contributed by atoms with E-state index in [1.54, 1.807) is 19.2 Å². The van der Waals surface area contributed by atoms with Gasteiger partial charge in [-0.15, -0.1) is 0 Å². The van der Waals surface area contributed by atoms with Gasteiger partial charge in [-0.25, -0.2) is 13.1 Å². The first-order valence-electron chi connectivity index (χ1n) is 9.86. The van der Waals surface area contributed by atoms with Crippen molar-refractivity contribution >= 4 is 10.0 Å². The molecule has 0 bridgehead atoms. The van der Waals surface area contributed by atoms with Crippen LogP contribution in [0.25, 0.3) is 0 Å². The number of hydrogen-bond donors (Lipinski definition) is 1. The van der Waals surface area contributed by atoms with Gasteiger partial charge < -0.3 is 9.47 Å². The van der Waals surface area contributed by atoms with E-state index in [4.69, 9.17) is 9.47 Å². The van der Waals surface area contributed by atoms with Gasteiger partial charge in [0.25, 0.3) is 0 Å². The van der Waals surface area contributed by atoms with Crippen LogP contribution in [0.2, 0.25) is 0 Å². The highest BCUT2D eigenvalue weighted by Gasteiger charge is 2.39. The Labute approximate surface area is 163 Å². The molecule has 2 fully saturated rings. The first kappa shape index (κ1) is 20.6. The largest absolute Gasteiger partial charge is 0.496 e. The molecule has 1 heterocycles. The van der Waals surface area contributed by atoms with Gasteiger partial charge in [0, 0.05) is 25.2 Å². The molecule has 0 atom stereocenters. The van der Waals surface area contributed by atoms with E-state index < -0.39 is 10.0 Å². The second-order valence-corrected chi connectivity index (χ2v) is 9.57. The third-order valence-corrected chi connectivity index (χ3v) is 7.39. The van der Waals surface area contributed by atoms with Crippen LogP contribution in [0.3, 0.4) is 0 Å². The van der Waals surface area contributed by atoms with Crippen LogP contribution in [0.4, 0.5) is 0 Å². The van der Waals surface area contributed by atoms with E-state index in [-0.39, 0.29) is 5.54 Å². The topological polar surface area (TPSA) is 67.9 Å². The van der Waals surface area contributed by atoms with Crippen LogP contribution in [0.15, 0.2) is 17.0 Å². The molecule has 1 aliphatic heterocycles. The first-order chi connectivity index (χ1) is 12.9. The van der Waals surface area contributed by atoms with Crippen LogP contribution < -0.4 is 9.46 Å². The number of ether oxygens (including phenoxy) is 2. The van der Waals surface area contributed by atoms with Crippen molar-refractivity contribution in [3.05, 3.63) is 23.3 Å². The number of morpholine rings is 1. The third kappa shape index (κ3) is 4.47. The number of nitrogens with zero attached hydrogens (tertiary/aromatic N) is 1. The fourth-order valence-electron chi connectivity index (χ4n) is 4.55. The molecule has 1 saturated heterocycles. The molecule has 0 spiro atoms. The lowest BCUT2D eigenvalue weighted by Crippen LogP contribution is -2.59. The SMILES string of the molecule is COc1c(C)cc(S(=O)(=O)NCC2(N3CCOCC3)CCCCC2)cc1C. The van der Waals surface area contributed by atoms with Crippen LogP contribution in [0.5, 0.6) is 5.75 Å². The lowest BCUT2D eigenvalue weighted by atomic mass is 9.80. The molecular formula is C20H32N2O4S. The van der Waals surface area contributed by atoms with E-state index in [0.29, 0.717) is 11.4 Å². The molecule has 152 valence electrons. The minimum absolute atomic E-state index is 0.0916. The Morgan fingerprint density at radius 1 is 1.11 bits per heavy atom. The lowest BCUT2D eigenvalue weighted by molar-refractivity contribution is -0.0348. The Morgan fingerprint density at radius 3 is 2.26 bits per heavy atom. The van der Waals surface area contributed by atoms with Crippen LogP contribution in [0, 0.1) is 13.8 Å². The number of benzene rings is 1. The van der Waals surface area contributed by atoms with Crippen LogP contribution >= 0.6 is 0 Å². The van der Waals surface area contributed by atoms with E-state index >= 15 is 0 Å². The Bertz CT molecular complexity index is 728. The van der Waals surface area contributed by atoms with Crippen molar-refractivity contribution in [3.63, 3.8) is 0 Å². The summed E-state index contributed by atoms with van der Waals surface area (Å²) < 4.78 is 39.8. The maximum Gasteiger partial charge on any atom is 0.240 e. The van der Waals surface area contributed by atoms with Gasteiger partial charge in [0.15, 0.2) is 0 Å². The zero-order chi connectivity index (χ0) is 19.5. The highest BCUT2D eigenvalue weighted by atomic mass is 32.2. The Morgan fingerprint density at radius 2 is 1.70 bits per heavy atom. The van der Waals surface area contributed by atoms with Crippen LogP contribution in [-0.2, 0) is 14.8 Å². The molecule has 3 rings (SSSR count). The van der Waals surface area contributed by atoms with Gasteiger partial charge in [0.2, 0.25) is 10.0 Å². The molecule has 1 N–H and O–H groups in total. The van der Waals surface area contributed by atoms with E-state index in [1.807, 2.05) is 13.8 Å². The van der Waals surface area contributed by atoms with Gasteiger partial charge in [-0.1, -0.05) is 19.3 Å². The summed E-state index contributed by atoms with van der Waals surface area (Å²) in [5, 5.41) is 0. The molecule has 2 aliphatic rings. The summed E-state index contributed by atoms with van der Waals surface area (Å²) in [5.74, 6) is 0.742. The first-order valence-corrected chi connectivity index (χ1v) is 11.3. The van der Waals surface area contributed by atoms with Crippen molar-refractivity contribution in [1.82, 2.24) is 9.62 Å². The maximum absolute atomic E-state index is 13.0. The van der Waals surface area contributed by atoms with E-state index in [2.05, 4.69) is 9.62 Å². The Hall–Kier alpha value is -1.15. The van der Waals surface area contributed by atoms with Crippen molar-refractivity contribution in [3.8, 4) is 5.75 Å². The summed E-state index contributed by atoms with van der Waals surface area (Å²) in [5.41, 5.74) is 1.57. The van der Waals surface area contributed by atoms with Gasteiger partial charge >= 0.3 is 0 Å². The molecule has 1 aliphatic carbocycles. The second-order valence-electron chi connectivity index (χ2n) is 7.80. The number of sulfonamides is 1. The monoisotopic (exact) mass is 396 g/mol. The van der Waals surface area contributed by atoms with Crippen molar-refractivity contribution in [2.24, 2.45) is 0 Å². The zero-order valence-corrected chi connectivity index (χ0v) is 17.5. The number of hydrogen-bond acceptors (Lipinski definition) is 5. The van der Waals surface area contributed by atoms with Gasteiger partial charge in [0.1, 0.15) is 5.75 Å². The number of rotatable bonds is 6. The predicted molar refractivity (Wildman–Crippen MR) is 106 cm³/mol. The smallest absolute Gasteiger partial charge is 0.240 e. The highest BCUT2D eigenvalue weighted by molar-refractivity contribution is 7.89. The predicted octanol–water partition coefficient (Wildman–Crippen LogP) is 2.63. The molecule has 0 radical (unpaired) electrons. The van der Waals surface area contributed by atoms with E-state index in [1.165, 1.54) is 6.42 Å². The standard InChI is InChI=1S/C20H32N2O4S/c1-16-13-18(14-17(2)19(16)25-3)27(23,24)21-15-20(7-5-4-6-8-20)22-9-11-26-12-10-22/h13-14,21H,4-12,15H2,1-3H3. The van der Waals surface area contributed by atoms with Crippen molar-refractivity contribution in [2.45, 2.75) is 56.4 Å². The Kier molecular flexibility index (Phi) is 6.46. The molecule has 1 aromatic rings. The summed E-state index contributed by atoms with van der Waals surface area (Å²) >= 11 is 0. The molecular weight excluding hydrogens is 364 g/mol. The lowest BCUT2D eigenvalue weighted by Gasteiger charge is -2.48. The average Bonchev–Trinajstić information content (AvgIpc) is 2.68. The zero-order valence-electron chi connectivity index (χ0n) is 16.7. The summed E-state index contributed by atoms with van der Waals surface area (Å²) in [4.78, 5) is 2.76. The normalized spacial score (nSPS) is 21.1. The van der Waals surface area contributed by atoms with Gasteiger partial charge in [-0.2, -0.15) is 0 Å². The van der Waals surface area contributed by atoms with Gasteiger partial charge in [0.05, 0.1) is 25.2 Å². The maximum atomic E-state index is 13.0. The number of nitrogens with one attached hydrogen (secondary N) is 1. The molecule has 0 unspecified atom stereocenters. The summed E-state index contributed by atoms with van der Waals surface area (Å²) in [6.07, 6.45) is 5.61. The fraction of sp³-hybridized carbons (Fsp3) is 0.700. The molecule has 1 saturated carbocycles. The van der Waals surface area contributed by atoms with Gasteiger partial charge in [-0.05, 0) is 49.9 Å².